The van der Waals surface area contributed by atoms with Crippen LogP contribution in [-0.2, 0) is 6.54 Å². The zero-order valence-corrected chi connectivity index (χ0v) is 14.2. The van der Waals surface area contributed by atoms with Crippen molar-refractivity contribution in [1.82, 2.24) is 4.57 Å². The Kier molecular flexibility index (Phi) is 3.87. The number of carbonyl (C=O) groups excluding carboxylic acids is 1. The van der Waals surface area contributed by atoms with Crippen LogP contribution in [0.5, 0.6) is 0 Å². The summed E-state index contributed by atoms with van der Waals surface area (Å²) >= 11 is 1.75. The molecule has 3 aromatic carbocycles. The molecule has 4 rings (SSSR count). The second-order valence-corrected chi connectivity index (χ2v) is 6.73. The largest absolute Gasteiger partial charge is 0.336 e. The summed E-state index contributed by atoms with van der Waals surface area (Å²) in [6.45, 7) is 0.819. The van der Waals surface area contributed by atoms with Crippen LogP contribution >= 0.6 is 11.8 Å². The number of nitrogens with zero attached hydrogens (tertiary/aromatic N) is 1. The van der Waals surface area contributed by atoms with Gasteiger partial charge in [0.1, 0.15) is 6.29 Å². The first kappa shape index (κ1) is 15.0. The summed E-state index contributed by atoms with van der Waals surface area (Å²) in [4.78, 5) is 12.4. The monoisotopic (exact) mass is 331 g/mol. The Morgan fingerprint density at radius 3 is 2.42 bits per heavy atom. The molecule has 24 heavy (non-hydrogen) atoms. The average Bonchev–Trinajstić information content (AvgIpc) is 2.96. The van der Waals surface area contributed by atoms with Gasteiger partial charge in [0.05, 0.1) is 0 Å². The lowest BCUT2D eigenvalue weighted by atomic mass is 10.1. The van der Waals surface area contributed by atoms with E-state index in [1.54, 1.807) is 11.8 Å². The van der Waals surface area contributed by atoms with Crippen LogP contribution < -0.4 is 0 Å². The van der Waals surface area contributed by atoms with Crippen LogP contribution in [0.15, 0.2) is 71.6 Å². The molecule has 4 aromatic rings. The maximum Gasteiger partial charge on any atom is 0.150 e. The fourth-order valence-corrected chi connectivity index (χ4v) is 3.64. The number of carbonyl (C=O) groups is 1. The number of fused-ring (bicyclic) bond motifs is 3. The second-order valence-electron chi connectivity index (χ2n) is 5.85. The maximum absolute atomic E-state index is 11.1. The Bertz CT molecular complexity index is 1030. The summed E-state index contributed by atoms with van der Waals surface area (Å²) in [5.41, 5.74) is 4.35. The first-order valence-corrected chi connectivity index (χ1v) is 9.12. The van der Waals surface area contributed by atoms with E-state index in [9.17, 15) is 4.79 Å². The van der Waals surface area contributed by atoms with Gasteiger partial charge in [-0.1, -0.05) is 30.3 Å². The van der Waals surface area contributed by atoms with Crippen LogP contribution in [0.4, 0.5) is 0 Å². The molecule has 0 spiro atoms. The maximum atomic E-state index is 11.1. The van der Waals surface area contributed by atoms with E-state index in [1.165, 1.54) is 21.4 Å². The summed E-state index contributed by atoms with van der Waals surface area (Å²) in [5.74, 6) is 0. The van der Waals surface area contributed by atoms with Crippen molar-refractivity contribution >= 4 is 39.9 Å². The highest BCUT2D eigenvalue weighted by molar-refractivity contribution is 7.98. The van der Waals surface area contributed by atoms with Crippen LogP contribution in [-0.4, -0.2) is 17.1 Å². The third kappa shape index (κ3) is 2.51. The van der Waals surface area contributed by atoms with Crippen molar-refractivity contribution in [2.24, 2.45) is 0 Å². The van der Waals surface area contributed by atoms with Crippen molar-refractivity contribution in [3.63, 3.8) is 0 Å². The minimum Gasteiger partial charge on any atom is -0.336 e. The van der Waals surface area contributed by atoms with Crippen molar-refractivity contribution in [3.8, 4) is 0 Å². The lowest BCUT2D eigenvalue weighted by Crippen LogP contribution is -1.99. The number of aromatic nitrogens is 1. The van der Waals surface area contributed by atoms with E-state index in [-0.39, 0.29) is 0 Å². The quantitative estimate of drug-likeness (QED) is 0.370. The molecular weight excluding hydrogens is 314 g/mol. The minimum absolute atomic E-state index is 0.717. The molecule has 0 N–H and O–H groups in total. The molecule has 0 amide bonds. The molecule has 0 atom stereocenters. The molecule has 0 saturated heterocycles. The molecule has 0 fully saturated rings. The minimum atomic E-state index is 0.717. The van der Waals surface area contributed by atoms with Gasteiger partial charge < -0.3 is 4.57 Å². The third-order valence-electron chi connectivity index (χ3n) is 4.43. The van der Waals surface area contributed by atoms with Gasteiger partial charge in [0.15, 0.2) is 0 Å². The standard InChI is InChI=1S/C21H17NOS/c1-24-17-9-6-15(7-10-17)13-22-20-5-3-2-4-18(20)19-12-16(14-23)8-11-21(19)22/h2-12,14H,13H2,1H3. The molecule has 0 unspecified atom stereocenters. The van der Waals surface area contributed by atoms with Gasteiger partial charge in [-0.3, -0.25) is 4.79 Å². The molecule has 1 aromatic heterocycles. The number of benzene rings is 3. The Morgan fingerprint density at radius 1 is 0.917 bits per heavy atom. The Morgan fingerprint density at radius 2 is 1.67 bits per heavy atom. The Balaban J connectivity index is 1.90. The van der Waals surface area contributed by atoms with Crippen molar-refractivity contribution in [2.45, 2.75) is 11.4 Å². The summed E-state index contributed by atoms with van der Waals surface area (Å²) in [6.07, 6.45) is 3.00. The van der Waals surface area contributed by atoms with Crippen molar-refractivity contribution in [2.75, 3.05) is 6.26 Å². The third-order valence-corrected chi connectivity index (χ3v) is 5.18. The van der Waals surface area contributed by atoms with E-state index >= 15 is 0 Å². The number of hydrogen-bond acceptors (Lipinski definition) is 2. The Labute approximate surface area is 145 Å². The van der Waals surface area contributed by atoms with Gasteiger partial charge in [-0.2, -0.15) is 0 Å². The molecular formula is C21H17NOS. The molecule has 0 radical (unpaired) electrons. The predicted octanol–water partition coefficient (Wildman–Crippen LogP) is 5.38. The van der Waals surface area contributed by atoms with Crippen molar-refractivity contribution in [3.05, 3.63) is 77.9 Å². The highest BCUT2D eigenvalue weighted by Crippen LogP contribution is 2.30. The SMILES string of the molecule is CSc1ccc(Cn2c3ccccc3c3cc(C=O)ccc32)cc1. The van der Waals surface area contributed by atoms with Crippen LogP contribution in [0, 0.1) is 0 Å². The summed E-state index contributed by atoms with van der Waals surface area (Å²) in [5, 5.41) is 2.33. The van der Waals surface area contributed by atoms with E-state index < -0.39 is 0 Å². The zero-order chi connectivity index (χ0) is 16.5. The van der Waals surface area contributed by atoms with E-state index in [2.05, 4.69) is 59.4 Å². The first-order chi connectivity index (χ1) is 11.8. The van der Waals surface area contributed by atoms with Gasteiger partial charge in [-0.15, -0.1) is 11.8 Å². The summed E-state index contributed by atoms with van der Waals surface area (Å²) < 4.78 is 2.33. The normalized spacial score (nSPS) is 11.2. The molecule has 1 heterocycles. The second kappa shape index (κ2) is 6.17. The van der Waals surface area contributed by atoms with E-state index in [0.29, 0.717) is 0 Å². The van der Waals surface area contributed by atoms with E-state index in [1.807, 2.05) is 18.2 Å². The number of hydrogen-bond donors (Lipinski definition) is 0. The Hall–Kier alpha value is -2.52. The van der Waals surface area contributed by atoms with Gasteiger partial charge in [-0.25, -0.2) is 0 Å². The van der Waals surface area contributed by atoms with Crippen LogP contribution in [0.1, 0.15) is 15.9 Å². The number of rotatable bonds is 4. The molecule has 0 aliphatic rings. The zero-order valence-electron chi connectivity index (χ0n) is 13.4. The summed E-state index contributed by atoms with van der Waals surface area (Å²) in [7, 11) is 0. The molecule has 2 nitrogen and oxygen atoms in total. The highest BCUT2D eigenvalue weighted by atomic mass is 32.2. The molecule has 118 valence electrons. The fourth-order valence-electron chi connectivity index (χ4n) is 3.23. The van der Waals surface area contributed by atoms with Gasteiger partial charge in [-0.05, 0) is 48.2 Å². The molecule has 3 heteroatoms. The topological polar surface area (TPSA) is 22.0 Å². The first-order valence-electron chi connectivity index (χ1n) is 7.89. The molecule has 0 saturated carbocycles. The molecule has 0 bridgehead atoms. The van der Waals surface area contributed by atoms with E-state index in [4.69, 9.17) is 0 Å². The lowest BCUT2D eigenvalue weighted by Gasteiger charge is -2.08. The summed E-state index contributed by atoms with van der Waals surface area (Å²) in [6, 6.07) is 23.0. The van der Waals surface area contributed by atoms with Gasteiger partial charge in [0.2, 0.25) is 0 Å². The van der Waals surface area contributed by atoms with Crippen LogP contribution in [0.25, 0.3) is 21.8 Å². The van der Waals surface area contributed by atoms with Gasteiger partial charge >= 0.3 is 0 Å². The van der Waals surface area contributed by atoms with Crippen LogP contribution in [0.2, 0.25) is 0 Å². The average molecular weight is 331 g/mol. The molecule has 0 aliphatic carbocycles. The number of thioether (sulfide) groups is 1. The van der Waals surface area contributed by atoms with Gasteiger partial charge in [0, 0.05) is 38.8 Å². The van der Waals surface area contributed by atoms with Gasteiger partial charge in [0.25, 0.3) is 0 Å². The van der Waals surface area contributed by atoms with E-state index in [0.717, 1.165) is 29.3 Å². The van der Waals surface area contributed by atoms with Crippen molar-refractivity contribution < 1.29 is 4.79 Å². The lowest BCUT2D eigenvalue weighted by molar-refractivity contribution is 0.112. The number of para-hydroxylation sites is 1. The number of aldehydes is 1. The molecule has 0 aliphatic heterocycles. The fraction of sp³-hybridized carbons (Fsp3) is 0.0952. The smallest absolute Gasteiger partial charge is 0.150 e. The van der Waals surface area contributed by atoms with Crippen molar-refractivity contribution in [1.29, 1.82) is 0 Å². The van der Waals surface area contributed by atoms with Crippen LogP contribution in [0.3, 0.4) is 0 Å². The predicted molar refractivity (Wildman–Crippen MR) is 102 cm³/mol. The highest BCUT2D eigenvalue weighted by Gasteiger charge is 2.11.